The van der Waals surface area contributed by atoms with E-state index in [0.717, 1.165) is 61.7 Å². The standard InChI is InChI=1S/C28H36IN3O4/c1-17-25-20(19-8-13-34-14-9-19)5-10-30-26(25)31-23-15-21(22(29)16-24(23)35-17)18-6-11-32(12-7-18)27(33)36-28(2,3)4/h5,10,15-19H,6-9,11-14H2,1-4H3,(H,30,31). The molecule has 1 unspecified atom stereocenters. The van der Waals surface area contributed by atoms with Gasteiger partial charge in [0.1, 0.15) is 23.3 Å². The molecule has 1 aromatic heterocycles. The van der Waals surface area contributed by atoms with Crippen LogP contribution in [0.3, 0.4) is 0 Å². The average molecular weight is 606 g/mol. The number of hydrogen-bond donors (Lipinski definition) is 1. The number of aromatic nitrogens is 1. The fraction of sp³-hybridized carbons (Fsp3) is 0.571. The number of anilines is 2. The normalized spacial score (nSPS) is 21.0. The number of fused-ring (bicyclic) bond motifs is 2. The van der Waals surface area contributed by atoms with Gasteiger partial charge >= 0.3 is 6.09 Å². The summed E-state index contributed by atoms with van der Waals surface area (Å²) in [5.41, 5.74) is 4.26. The Morgan fingerprint density at radius 2 is 1.81 bits per heavy atom. The lowest BCUT2D eigenvalue weighted by Crippen LogP contribution is -2.41. The zero-order valence-corrected chi connectivity index (χ0v) is 23.8. The Hall–Kier alpha value is -2.07. The van der Waals surface area contributed by atoms with Crippen LogP contribution in [-0.2, 0) is 9.47 Å². The van der Waals surface area contributed by atoms with E-state index < -0.39 is 5.60 Å². The number of nitrogens with one attached hydrogen (secondary N) is 1. The number of likely N-dealkylation sites (tertiary alicyclic amines) is 1. The van der Waals surface area contributed by atoms with Crippen LogP contribution in [0.15, 0.2) is 24.4 Å². The second-order valence-electron chi connectivity index (χ2n) is 11.0. The largest absolute Gasteiger partial charge is 0.484 e. The third-order valence-electron chi connectivity index (χ3n) is 7.33. The van der Waals surface area contributed by atoms with Crippen molar-refractivity contribution in [3.63, 3.8) is 0 Å². The maximum absolute atomic E-state index is 12.5. The van der Waals surface area contributed by atoms with Crippen molar-refractivity contribution in [1.82, 2.24) is 9.88 Å². The molecule has 0 radical (unpaired) electrons. The van der Waals surface area contributed by atoms with Gasteiger partial charge in [-0.1, -0.05) is 0 Å². The molecule has 4 heterocycles. The summed E-state index contributed by atoms with van der Waals surface area (Å²) in [4.78, 5) is 19.1. The number of benzene rings is 1. The molecule has 2 saturated heterocycles. The Labute approximate surface area is 227 Å². The first-order valence-electron chi connectivity index (χ1n) is 13.0. The van der Waals surface area contributed by atoms with Crippen molar-refractivity contribution in [3.05, 3.63) is 44.7 Å². The quantitative estimate of drug-likeness (QED) is 0.376. The van der Waals surface area contributed by atoms with Gasteiger partial charge in [-0.15, -0.1) is 0 Å². The molecule has 2 aromatic rings. The molecule has 0 bridgehead atoms. The zero-order chi connectivity index (χ0) is 25.4. The fourth-order valence-corrected chi connectivity index (χ4v) is 6.41. The van der Waals surface area contributed by atoms with E-state index in [4.69, 9.17) is 19.2 Å². The Morgan fingerprint density at radius 3 is 2.50 bits per heavy atom. The number of piperidine rings is 1. The minimum Gasteiger partial charge on any atom is -0.484 e. The lowest BCUT2D eigenvalue weighted by atomic mass is 9.87. The molecule has 1 amide bonds. The van der Waals surface area contributed by atoms with Crippen molar-refractivity contribution >= 4 is 40.2 Å². The number of hydrogen-bond acceptors (Lipinski definition) is 6. The van der Waals surface area contributed by atoms with E-state index in [0.29, 0.717) is 24.9 Å². The number of carbonyl (C=O) groups excluding carboxylic acids is 1. The fourth-order valence-electron chi connectivity index (χ4n) is 5.54. The maximum Gasteiger partial charge on any atom is 0.410 e. The van der Waals surface area contributed by atoms with E-state index in [1.165, 1.54) is 14.7 Å². The summed E-state index contributed by atoms with van der Waals surface area (Å²) in [6.45, 7) is 10.9. The highest BCUT2D eigenvalue weighted by Crippen LogP contribution is 2.45. The van der Waals surface area contributed by atoms with Crippen LogP contribution < -0.4 is 10.1 Å². The molecule has 5 rings (SSSR count). The second-order valence-corrected chi connectivity index (χ2v) is 12.2. The Balaban J connectivity index is 1.37. The van der Waals surface area contributed by atoms with Crippen molar-refractivity contribution in [2.24, 2.45) is 0 Å². The van der Waals surface area contributed by atoms with Crippen LogP contribution >= 0.6 is 22.6 Å². The molecule has 0 saturated carbocycles. The van der Waals surface area contributed by atoms with Gasteiger partial charge in [-0.05, 0) is 117 Å². The molecule has 7 nitrogen and oxygen atoms in total. The van der Waals surface area contributed by atoms with Gasteiger partial charge in [0, 0.05) is 41.6 Å². The number of nitrogens with zero attached hydrogens (tertiary/aromatic N) is 2. The van der Waals surface area contributed by atoms with E-state index in [1.54, 1.807) is 0 Å². The van der Waals surface area contributed by atoms with Crippen molar-refractivity contribution < 1.29 is 19.0 Å². The predicted molar refractivity (Wildman–Crippen MR) is 148 cm³/mol. The number of halogens is 1. The van der Waals surface area contributed by atoms with Crippen LogP contribution in [0.25, 0.3) is 0 Å². The summed E-state index contributed by atoms with van der Waals surface area (Å²) in [6.07, 6.45) is 5.47. The summed E-state index contributed by atoms with van der Waals surface area (Å²) in [5.74, 6) is 2.59. The van der Waals surface area contributed by atoms with E-state index in [2.05, 4.69) is 53.0 Å². The van der Waals surface area contributed by atoms with Crippen LogP contribution in [-0.4, -0.2) is 47.9 Å². The van der Waals surface area contributed by atoms with Gasteiger partial charge < -0.3 is 24.4 Å². The molecule has 0 spiro atoms. The third-order valence-corrected chi connectivity index (χ3v) is 8.27. The van der Waals surface area contributed by atoms with Crippen LogP contribution in [0.5, 0.6) is 5.75 Å². The summed E-state index contributed by atoms with van der Waals surface area (Å²) in [7, 11) is 0. The van der Waals surface area contributed by atoms with Crippen molar-refractivity contribution in [3.8, 4) is 5.75 Å². The van der Waals surface area contributed by atoms with Crippen LogP contribution in [0.1, 0.15) is 88.0 Å². The second kappa shape index (κ2) is 10.4. The van der Waals surface area contributed by atoms with Gasteiger partial charge in [0.2, 0.25) is 0 Å². The predicted octanol–water partition coefficient (Wildman–Crippen LogP) is 6.89. The Kier molecular flexibility index (Phi) is 7.36. The topological polar surface area (TPSA) is 72.9 Å². The Morgan fingerprint density at radius 1 is 1.11 bits per heavy atom. The van der Waals surface area contributed by atoms with Crippen LogP contribution in [0.4, 0.5) is 16.3 Å². The number of carbonyl (C=O) groups is 1. The van der Waals surface area contributed by atoms with E-state index in [9.17, 15) is 4.79 Å². The summed E-state index contributed by atoms with van der Waals surface area (Å²) in [6, 6.07) is 6.53. The van der Waals surface area contributed by atoms with Gasteiger partial charge in [0.15, 0.2) is 0 Å². The minimum absolute atomic E-state index is 0.0981. The molecule has 36 heavy (non-hydrogen) atoms. The highest BCUT2D eigenvalue weighted by Gasteiger charge is 2.31. The number of ether oxygens (including phenoxy) is 3. The SMILES string of the molecule is CC1Oc2cc(I)c(C3CCN(C(=O)OC(C)(C)C)CC3)cc2Nc2nccc(C3CCOCC3)c21. The first kappa shape index (κ1) is 25.6. The van der Waals surface area contributed by atoms with Gasteiger partial charge in [0.05, 0.1) is 5.69 Å². The van der Waals surface area contributed by atoms with Crippen molar-refractivity contribution in [1.29, 1.82) is 0 Å². The highest BCUT2D eigenvalue weighted by atomic mass is 127. The smallest absolute Gasteiger partial charge is 0.410 e. The molecule has 1 N–H and O–H groups in total. The summed E-state index contributed by atoms with van der Waals surface area (Å²) in [5, 5.41) is 3.62. The molecule has 1 atom stereocenters. The summed E-state index contributed by atoms with van der Waals surface area (Å²) < 4.78 is 18.9. The summed E-state index contributed by atoms with van der Waals surface area (Å²) >= 11 is 2.42. The molecule has 1 aromatic carbocycles. The molecule has 3 aliphatic heterocycles. The number of amides is 1. The molecule has 3 aliphatic rings. The first-order chi connectivity index (χ1) is 17.2. The minimum atomic E-state index is -0.474. The lowest BCUT2D eigenvalue weighted by Gasteiger charge is -2.34. The van der Waals surface area contributed by atoms with Crippen molar-refractivity contribution in [2.75, 3.05) is 31.6 Å². The van der Waals surface area contributed by atoms with Gasteiger partial charge in [-0.2, -0.15) is 0 Å². The van der Waals surface area contributed by atoms with Crippen molar-refractivity contribution in [2.45, 2.75) is 76.9 Å². The number of pyridine rings is 1. The van der Waals surface area contributed by atoms with Crippen LogP contribution in [0, 0.1) is 3.57 Å². The molecular weight excluding hydrogens is 569 g/mol. The molecule has 8 heteroatoms. The van der Waals surface area contributed by atoms with E-state index in [1.807, 2.05) is 31.9 Å². The molecule has 194 valence electrons. The average Bonchev–Trinajstić information content (AvgIpc) is 2.98. The molecular formula is C28H36IN3O4. The molecule has 2 fully saturated rings. The zero-order valence-electron chi connectivity index (χ0n) is 21.6. The van der Waals surface area contributed by atoms with Gasteiger partial charge in [-0.3, -0.25) is 0 Å². The highest BCUT2D eigenvalue weighted by molar-refractivity contribution is 14.1. The first-order valence-corrected chi connectivity index (χ1v) is 14.1. The Bertz CT molecular complexity index is 1120. The van der Waals surface area contributed by atoms with Crippen LogP contribution in [0.2, 0.25) is 0 Å². The monoisotopic (exact) mass is 605 g/mol. The maximum atomic E-state index is 12.5. The lowest BCUT2D eigenvalue weighted by molar-refractivity contribution is 0.0204. The molecule has 0 aliphatic carbocycles. The van der Waals surface area contributed by atoms with Gasteiger partial charge in [-0.25, -0.2) is 9.78 Å². The van der Waals surface area contributed by atoms with Gasteiger partial charge in [0.25, 0.3) is 0 Å². The van der Waals surface area contributed by atoms with E-state index in [-0.39, 0.29) is 12.2 Å². The third kappa shape index (κ3) is 5.44. The number of rotatable bonds is 2. The van der Waals surface area contributed by atoms with E-state index >= 15 is 0 Å².